The molecule has 166 valence electrons. The Morgan fingerprint density at radius 3 is 2.60 bits per heavy atom. The van der Waals surface area contributed by atoms with Crippen LogP contribution in [0, 0.1) is 5.82 Å². The number of benzene rings is 1. The van der Waals surface area contributed by atoms with Crippen molar-refractivity contribution in [3.63, 3.8) is 0 Å². The van der Waals surface area contributed by atoms with Crippen LogP contribution in [-0.2, 0) is 19.9 Å². The van der Waals surface area contributed by atoms with E-state index in [0.29, 0.717) is 0 Å². The highest BCUT2D eigenvalue weighted by Gasteiger charge is 2.42. The fourth-order valence-electron chi connectivity index (χ4n) is 3.93. The number of hydrogen-bond acceptors (Lipinski definition) is 6. The fraction of sp³-hybridized carbons (Fsp3) is 0.526. The van der Waals surface area contributed by atoms with Crippen molar-refractivity contribution in [2.45, 2.75) is 36.2 Å². The Bertz CT molecular complexity index is 1020. The van der Waals surface area contributed by atoms with Crippen LogP contribution in [0.3, 0.4) is 0 Å². The molecule has 2 fully saturated rings. The van der Waals surface area contributed by atoms with Crippen molar-refractivity contribution in [3.8, 4) is 0 Å². The molecule has 0 aliphatic carbocycles. The highest BCUT2D eigenvalue weighted by atomic mass is 32.2. The van der Waals surface area contributed by atoms with E-state index < -0.39 is 42.5 Å². The Morgan fingerprint density at radius 2 is 1.93 bits per heavy atom. The van der Waals surface area contributed by atoms with Gasteiger partial charge in [-0.25, -0.2) is 25.9 Å². The van der Waals surface area contributed by atoms with Crippen LogP contribution >= 0.6 is 0 Å². The first-order valence-electron chi connectivity index (χ1n) is 9.78. The van der Waals surface area contributed by atoms with Crippen molar-refractivity contribution in [2.24, 2.45) is 0 Å². The molecule has 0 saturated carbocycles. The molecule has 2 atom stereocenters. The first-order valence-corrected chi connectivity index (χ1v) is 13.1. The van der Waals surface area contributed by atoms with Gasteiger partial charge in [0.15, 0.2) is 9.84 Å². The van der Waals surface area contributed by atoms with Crippen LogP contribution in [0.1, 0.15) is 29.6 Å². The van der Waals surface area contributed by atoms with Gasteiger partial charge >= 0.3 is 0 Å². The second-order valence-electron chi connectivity index (χ2n) is 7.61. The summed E-state index contributed by atoms with van der Waals surface area (Å²) in [4.78, 5) is 14.2. The summed E-state index contributed by atoms with van der Waals surface area (Å²) in [5.74, 6) is -1.82. The molecule has 0 radical (unpaired) electrons. The number of piperidine rings is 1. The summed E-state index contributed by atoms with van der Waals surface area (Å²) < 4.78 is 65.2. The van der Waals surface area contributed by atoms with Crippen LogP contribution in [0.5, 0.6) is 0 Å². The predicted molar refractivity (Wildman–Crippen MR) is 111 cm³/mol. The highest BCUT2D eigenvalue weighted by molar-refractivity contribution is 7.91. The summed E-state index contributed by atoms with van der Waals surface area (Å²) in [6.45, 7) is 4.87. The van der Waals surface area contributed by atoms with Gasteiger partial charge in [0.25, 0.3) is 5.91 Å². The number of carbonyl (C=O) groups is 1. The monoisotopic (exact) mass is 459 g/mol. The van der Waals surface area contributed by atoms with Crippen molar-refractivity contribution < 1.29 is 26.0 Å². The number of rotatable bonds is 7. The van der Waals surface area contributed by atoms with Gasteiger partial charge < -0.3 is 5.32 Å². The quantitative estimate of drug-likeness (QED) is 0.580. The molecule has 2 aliphatic rings. The molecule has 1 aromatic carbocycles. The number of carbonyl (C=O) groups excluding carboxylic acids is 1. The zero-order valence-corrected chi connectivity index (χ0v) is 18.1. The Morgan fingerprint density at radius 1 is 1.23 bits per heavy atom. The molecule has 2 unspecified atom stereocenters. The summed E-state index contributed by atoms with van der Waals surface area (Å²) in [5.41, 5.74) is -0.0583. The molecule has 0 aromatic heterocycles. The van der Waals surface area contributed by atoms with Gasteiger partial charge in [0.05, 0.1) is 17.5 Å². The number of likely N-dealkylation sites (tertiary alicyclic amines) is 1. The third kappa shape index (κ3) is 5.26. The second kappa shape index (κ2) is 9.13. The summed E-state index contributed by atoms with van der Waals surface area (Å²) in [7, 11) is -7.47. The molecule has 0 spiro atoms. The molecule has 2 heterocycles. The summed E-state index contributed by atoms with van der Waals surface area (Å²) in [6, 6.07) is 2.11. The van der Waals surface area contributed by atoms with E-state index in [4.69, 9.17) is 0 Å². The molecule has 11 heteroatoms. The van der Waals surface area contributed by atoms with Crippen molar-refractivity contribution in [1.82, 2.24) is 14.9 Å². The topological polar surface area (TPSA) is 113 Å². The molecule has 2 aliphatic heterocycles. The largest absolute Gasteiger partial charge is 0.347 e. The van der Waals surface area contributed by atoms with Crippen LogP contribution in [0.15, 0.2) is 35.7 Å². The minimum Gasteiger partial charge on any atom is -0.347 e. The minimum atomic E-state index is -4.16. The predicted octanol–water partition coefficient (Wildman–Crippen LogP) is 0.671. The number of amides is 1. The number of halogens is 1. The van der Waals surface area contributed by atoms with E-state index in [1.54, 1.807) is 0 Å². The molecule has 8 nitrogen and oxygen atoms in total. The molecule has 2 saturated heterocycles. The third-order valence-corrected chi connectivity index (χ3v) is 8.55. The van der Waals surface area contributed by atoms with Crippen molar-refractivity contribution in [3.05, 3.63) is 42.2 Å². The van der Waals surface area contributed by atoms with Crippen molar-refractivity contribution in [2.75, 3.05) is 31.1 Å². The van der Waals surface area contributed by atoms with Gasteiger partial charge in [-0.1, -0.05) is 12.5 Å². The number of nitrogens with one attached hydrogen (secondary N) is 2. The second-order valence-corrected chi connectivity index (χ2v) is 11.5. The van der Waals surface area contributed by atoms with Crippen LogP contribution in [0.2, 0.25) is 0 Å². The number of sulfonamides is 1. The SMILES string of the molecule is C=CCNS(=O)(=O)c1cc(C(=O)NC2CS(=O)(=O)CC2N2CCCCC2)ccc1F. The summed E-state index contributed by atoms with van der Waals surface area (Å²) in [5, 5.41) is 2.73. The van der Waals surface area contributed by atoms with Gasteiger partial charge in [0, 0.05) is 18.2 Å². The zero-order valence-electron chi connectivity index (χ0n) is 16.5. The summed E-state index contributed by atoms with van der Waals surface area (Å²) in [6.07, 6.45) is 4.37. The van der Waals surface area contributed by atoms with Crippen molar-refractivity contribution >= 4 is 25.8 Å². The van der Waals surface area contributed by atoms with E-state index in [2.05, 4.69) is 21.5 Å². The average molecular weight is 460 g/mol. The molecule has 1 aromatic rings. The Balaban J connectivity index is 1.81. The van der Waals surface area contributed by atoms with Gasteiger partial charge in [-0.05, 0) is 44.1 Å². The van der Waals surface area contributed by atoms with Crippen LogP contribution in [0.4, 0.5) is 4.39 Å². The van der Waals surface area contributed by atoms with Crippen molar-refractivity contribution in [1.29, 1.82) is 0 Å². The van der Waals surface area contributed by atoms with E-state index in [1.807, 2.05) is 0 Å². The van der Waals surface area contributed by atoms with Gasteiger partial charge in [-0.2, -0.15) is 0 Å². The number of hydrogen-bond donors (Lipinski definition) is 2. The van der Waals surface area contributed by atoms with Gasteiger partial charge in [0.1, 0.15) is 10.7 Å². The molecule has 3 rings (SSSR count). The maximum absolute atomic E-state index is 14.1. The zero-order chi connectivity index (χ0) is 21.9. The standard InChI is InChI=1S/C19H26FN3O5S2/c1-2-8-21-30(27,28)18-11-14(6-7-15(18)20)19(24)22-16-12-29(25,26)13-17(16)23-9-4-3-5-10-23/h2,6-7,11,16-17,21H,1,3-5,8-10,12-13H2,(H,22,24). The van der Waals surface area contributed by atoms with E-state index in [9.17, 15) is 26.0 Å². The first-order chi connectivity index (χ1) is 14.1. The van der Waals surface area contributed by atoms with Crippen LogP contribution < -0.4 is 10.0 Å². The minimum absolute atomic E-state index is 0.0214. The molecule has 0 bridgehead atoms. The maximum atomic E-state index is 14.1. The molecular weight excluding hydrogens is 433 g/mol. The lowest BCUT2D eigenvalue weighted by Gasteiger charge is -2.35. The Kier molecular flexibility index (Phi) is 6.95. The fourth-order valence-corrected chi connectivity index (χ4v) is 6.98. The average Bonchev–Trinajstić information content (AvgIpc) is 3.01. The van der Waals surface area contributed by atoms with Gasteiger partial charge in [-0.15, -0.1) is 6.58 Å². The smallest absolute Gasteiger partial charge is 0.251 e. The van der Waals surface area contributed by atoms with E-state index >= 15 is 0 Å². The van der Waals surface area contributed by atoms with E-state index in [0.717, 1.165) is 44.5 Å². The van der Waals surface area contributed by atoms with Crippen LogP contribution in [0.25, 0.3) is 0 Å². The molecule has 30 heavy (non-hydrogen) atoms. The number of sulfone groups is 1. The lowest BCUT2D eigenvalue weighted by molar-refractivity contribution is 0.0899. The van der Waals surface area contributed by atoms with E-state index in [-0.39, 0.29) is 29.7 Å². The number of nitrogens with zero attached hydrogens (tertiary/aromatic N) is 1. The van der Waals surface area contributed by atoms with Gasteiger partial charge in [0.2, 0.25) is 10.0 Å². The van der Waals surface area contributed by atoms with Crippen LogP contribution in [-0.4, -0.2) is 70.9 Å². The highest BCUT2D eigenvalue weighted by Crippen LogP contribution is 2.23. The lowest BCUT2D eigenvalue weighted by Crippen LogP contribution is -2.52. The summed E-state index contributed by atoms with van der Waals surface area (Å²) >= 11 is 0. The lowest BCUT2D eigenvalue weighted by atomic mass is 10.0. The maximum Gasteiger partial charge on any atom is 0.251 e. The molecule has 1 amide bonds. The molecule has 2 N–H and O–H groups in total. The molecular formula is C19H26FN3O5S2. The third-order valence-electron chi connectivity index (χ3n) is 5.40. The Labute approximate surface area is 176 Å². The van der Waals surface area contributed by atoms with Gasteiger partial charge in [-0.3, -0.25) is 9.69 Å². The first kappa shape index (κ1) is 22.9. The Hall–Kier alpha value is -1.82. The van der Waals surface area contributed by atoms with E-state index in [1.165, 1.54) is 12.1 Å². The normalized spacial score (nSPS) is 24.4.